The van der Waals surface area contributed by atoms with Gasteiger partial charge in [0.25, 0.3) is 21.8 Å². The van der Waals surface area contributed by atoms with Gasteiger partial charge in [-0.25, -0.2) is 8.42 Å². The Hall–Kier alpha value is -5.11. The maximum Gasteiger partial charge on any atom is 0.262 e. The maximum absolute atomic E-state index is 13.9. The number of hydrogen-bond donors (Lipinski definition) is 4. The van der Waals surface area contributed by atoms with Gasteiger partial charge in [0.05, 0.1) is 47.3 Å². The molecule has 0 saturated heterocycles. The number of sulfonamides is 1. The second-order valence-corrected chi connectivity index (χ2v) is 14.2. The molecule has 264 valence electrons. The van der Waals surface area contributed by atoms with Gasteiger partial charge >= 0.3 is 0 Å². The summed E-state index contributed by atoms with van der Waals surface area (Å²) in [6.07, 6.45) is -0.478. The minimum Gasteiger partial charge on any atom is -0.497 e. The molecule has 5 N–H and O–H groups in total. The number of para-hydroxylation sites is 3. The van der Waals surface area contributed by atoms with Crippen molar-refractivity contribution in [3.63, 3.8) is 0 Å². The topological polar surface area (TPSA) is 164 Å². The third-order valence-corrected chi connectivity index (χ3v) is 10.1. The number of nitrogens with one attached hydrogen (secondary N) is 2. The number of rotatable bonds is 12. The van der Waals surface area contributed by atoms with Gasteiger partial charge in [-0.15, -0.1) is 0 Å². The van der Waals surface area contributed by atoms with Crippen LogP contribution in [0.15, 0.2) is 95.9 Å². The molecule has 1 heterocycles. The summed E-state index contributed by atoms with van der Waals surface area (Å²) in [5, 5.41) is 12.9. The van der Waals surface area contributed by atoms with Crippen LogP contribution >= 0.6 is 0 Å². The van der Waals surface area contributed by atoms with E-state index in [9.17, 15) is 23.1 Å². The summed E-state index contributed by atoms with van der Waals surface area (Å²) in [4.78, 5) is 30.4. The number of nitrogens with zero attached hydrogens (tertiary/aromatic N) is 2. The quantitative estimate of drug-likeness (QED) is 0.154. The number of benzene rings is 4. The largest absolute Gasteiger partial charge is 0.497 e. The van der Waals surface area contributed by atoms with Crippen molar-refractivity contribution in [1.82, 2.24) is 9.80 Å². The zero-order valence-electron chi connectivity index (χ0n) is 28.5. The third-order valence-electron chi connectivity index (χ3n) is 8.67. The van der Waals surface area contributed by atoms with Gasteiger partial charge < -0.3 is 30.5 Å². The van der Waals surface area contributed by atoms with Crippen molar-refractivity contribution >= 4 is 38.9 Å². The molecular weight excluding hydrogens is 659 g/mol. The molecule has 5 rings (SSSR count). The summed E-state index contributed by atoms with van der Waals surface area (Å²) >= 11 is 0. The lowest BCUT2D eigenvalue weighted by Gasteiger charge is -2.38. The van der Waals surface area contributed by atoms with Gasteiger partial charge in [-0.2, -0.15) is 0 Å². The fourth-order valence-electron chi connectivity index (χ4n) is 5.75. The summed E-state index contributed by atoms with van der Waals surface area (Å²) in [5.41, 5.74) is 8.74. The van der Waals surface area contributed by atoms with Crippen molar-refractivity contribution in [2.45, 2.75) is 37.4 Å². The van der Waals surface area contributed by atoms with Gasteiger partial charge in [-0.1, -0.05) is 37.3 Å². The smallest absolute Gasteiger partial charge is 0.262 e. The summed E-state index contributed by atoms with van der Waals surface area (Å²) < 4.78 is 41.3. The number of anilines is 3. The number of ether oxygens (including phenoxy) is 2. The van der Waals surface area contributed by atoms with E-state index in [1.54, 1.807) is 78.6 Å². The average molecular weight is 702 g/mol. The lowest BCUT2D eigenvalue weighted by atomic mass is 9.99. The number of carbonyl (C=O) groups excluding carboxylic acids is 2. The van der Waals surface area contributed by atoms with E-state index in [1.807, 2.05) is 26.1 Å². The van der Waals surface area contributed by atoms with E-state index in [1.165, 1.54) is 19.2 Å². The SMILES string of the molecule is COc1ccc(S(=O)(=O)Nc2cccc3c2O[C@@H](CN(C)Cc2ccc(C(=O)Nc4ccccc4N)cc2)[C@@H](C)CN([C@H](C)CO)C3=O)cc1. The van der Waals surface area contributed by atoms with Crippen molar-refractivity contribution in [1.29, 1.82) is 0 Å². The van der Waals surface area contributed by atoms with Gasteiger partial charge in [0.1, 0.15) is 11.9 Å². The Labute approximate surface area is 292 Å². The van der Waals surface area contributed by atoms with Crippen molar-refractivity contribution in [2.24, 2.45) is 5.92 Å². The normalized spacial score (nSPS) is 16.8. The molecule has 2 amide bonds. The van der Waals surface area contributed by atoms with Crippen LogP contribution in [-0.4, -0.2) is 81.1 Å². The van der Waals surface area contributed by atoms with Gasteiger partial charge in [0, 0.05) is 31.1 Å². The molecule has 0 saturated carbocycles. The highest BCUT2D eigenvalue weighted by atomic mass is 32.2. The number of nitrogen functional groups attached to an aromatic ring is 1. The van der Waals surface area contributed by atoms with Crippen LogP contribution in [0.1, 0.15) is 40.1 Å². The second kappa shape index (κ2) is 15.6. The van der Waals surface area contributed by atoms with E-state index in [0.29, 0.717) is 42.3 Å². The minimum atomic E-state index is -4.06. The van der Waals surface area contributed by atoms with Crippen LogP contribution in [0.2, 0.25) is 0 Å². The first-order valence-corrected chi connectivity index (χ1v) is 17.7. The second-order valence-electron chi connectivity index (χ2n) is 12.5. The predicted octanol–water partition coefficient (Wildman–Crippen LogP) is 4.68. The van der Waals surface area contributed by atoms with Crippen LogP contribution < -0.4 is 25.2 Å². The highest BCUT2D eigenvalue weighted by Crippen LogP contribution is 2.36. The fraction of sp³-hybridized carbons (Fsp3) is 0.297. The first-order chi connectivity index (χ1) is 23.9. The molecule has 3 atom stereocenters. The number of carbonyl (C=O) groups is 2. The molecule has 0 aromatic heterocycles. The molecule has 0 fully saturated rings. The van der Waals surface area contributed by atoms with Crippen molar-refractivity contribution < 1.29 is 32.6 Å². The third kappa shape index (κ3) is 8.36. The van der Waals surface area contributed by atoms with Crippen molar-refractivity contribution in [2.75, 3.05) is 49.6 Å². The molecule has 1 aliphatic rings. The fourth-order valence-corrected chi connectivity index (χ4v) is 6.81. The van der Waals surface area contributed by atoms with Crippen LogP contribution in [0, 0.1) is 5.92 Å². The molecule has 0 bridgehead atoms. The van der Waals surface area contributed by atoms with Crippen LogP contribution in [0.4, 0.5) is 17.1 Å². The molecular formula is C37H43N5O7S. The Morgan fingerprint density at radius 1 is 1.04 bits per heavy atom. The summed E-state index contributed by atoms with van der Waals surface area (Å²) in [7, 11) is -0.634. The van der Waals surface area contributed by atoms with Crippen LogP contribution in [0.3, 0.4) is 0 Å². The van der Waals surface area contributed by atoms with Crippen LogP contribution in [-0.2, 0) is 16.6 Å². The van der Waals surface area contributed by atoms with Crippen LogP contribution in [0.25, 0.3) is 0 Å². The van der Waals surface area contributed by atoms with Crippen molar-refractivity contribution in [3.05, 3.63) is 108 Å². The van der Waals surface area contributed by atoms with E-state index in [2.05, 4.69) is 14.9 Å². The van der Waals surface area contributed by atoms with E-state index in [0.717, 1.165) is 5.56 Å². The Morgan fingerprint density at radius 3 is 2.38 bits per heavy atom. The van der Waals surface area contributed by atoms with Gasteiger partial charge in [-0.05, 0) is 80.2 Å². The number of fused-ring (bicyclic) bond motifs is 1. The maximum atomic E-state index is 13.9. The Bertz CT molecular complexity index is 1920. The van der Waals surface area contributed by atoms with E-state index < -0.39 is 22.2 Å². The van der Waals surface area contributed by atoms with E-state index in [4.69, 9.17) is 15.2 Å². The van der Waals surface area contributed by atoms with E-state index >= 15 is 0 Å². The van der Waals surface area contributed by atoms with Gasteiger partial charge in [0.15, 0.2) is 5.75 Å². The molecule has 13 heteroatoms. The molecule has 0 unspecified atom stereocenters. The number of likely N-dealkylation sites (N-methyl/N-ethyl adjacent to an activating group) is 1. The first-order valence-electron chi connectivity index (χ1n) is 16.2. The van der Waals surface area contributed by atoms with Gasteiger partial charge in [-0.3, -0.25) is 19.2 Å². The lowest BCUT2D eigenvalue weighted by Crippen LogP contribution is -2.49. The predicted molar refractivity (Wildman–Crippen MR) is 193 cm³/mol. The van der Waals surface area contributed by atoms with E-state index in [-0.39, 0.29) is 46.2 Å². The minimum absolute atomic E-state index is 0.0148. The lowest BCUT2D eigenvalue weighted by molar-refractivity contribution is 0.0344. The van der Waals surface area contributed by atoms with Crippen molar-refractivity contribution in [3.8, 4) is 11.5 Å². The molecule has 4 aromatic rings. The standard InChI is InChI=1S/C37H43N5O7S/c1-24-20-42(25(2)23-43)37(45)30-8-7-11-33(40-50(46,47)29-18-16-28(48-4)17-19-29)35(30)49-34(24)22-41(3)21-26-12-14-27(15-13-26)36(44)39-32-10-6-5-9-31(32)38/h5-19,24-25,34,40,43H,20-23,38H2,1-4H3,(H,39,44)/t24-,25+,34-/m0/s1. The Kier molecular flexibility index (Phi) is 11.3. The number of nitrogens with two attached hydrogens (primary N) is 1. The molecule has 0 aliphatic carbocycles. The monoisotopic (exact) mass is 701 g/mol. The van der Waals surface area contributed by atoms with Gasteiger partial charge in [0.2, 0.25) is 0 Å². The molecule has 0 radical (unpaired) electrons. The summed E-state index contributed by atoms with van der Waals surface area (Å²) in [6.45, 7) is 4.75. The number of aliphatic hydroxyl groups is 1. The van der Waals surface area contributed by atoms with Crippen LogP contribution in [0.5, 0.6) is 11.5 Å². The molecule has 12 nitrogen and oxygen atoms in total. The summed E-state index contributed by atoms with van der Waals surface area (Å²) in [5.74, 6) is -0.218. The molecule has 4 aromatic carbocycles. The first kappa shape index (κ1) is 36.2. The molecule has 0 spiro atoms. The Morgan fingerprint density at radius 2 is 1.72 bits per heavy atom. The zero-order valence-corrected chi connectivity index (χ0v) is 29.3. The molecule has 50 heavy (non-hydrogen) atoms. The number of methoxy groups -OCH3 is 1. The molecule has 1 aliphatic heterocycles. The average Bonchev–Trinajstić information content (AvgIpc) is 3.10. The highest BCUT2D eigenvalue weighted by molar-refractivity contribution is 7.92. The number of hydrogen-bond acceptors (Lipinski definition) is 9. The number of amides is 2. The summed E-state index contributed by atoms with van der Waals surface area (Å²) in [6, 6.07) is 24.6. The zero-order chi connectivity index (χ0) is 36.0. The number of aliphatic hydroxyl groups excluding tert-OH is 1. The Balaban J connectivity index is 1.37. The highest BCUT2D eigenvalue weighted by Gasteiger charge is 2.35.